The zero-order valence-electron chi connectivity index (χ0n) is 11.7. The minimum atomic E-state index is -0.156. The van der Waals surface area contributed by atoms with Gasteiger partial charge in [0.15, 0.2) is 0 Å². The average Bonchev–Trinajstić information content (AvgIpc) is 2.88. The lowest BCUT2D eigenvalue weighted by molar-refractivity contribution is -0.143. The number of rotatable bonds is 5. The second-order valence-corrected chi connectivity index (χ2v) is 5.59. The van der Waals surface area contributed by atoms with Gasteiger partial charge in [-0.05, 0) is 51.6 Å². The Kier molecular flexibility index (Phi) is 5.01. The van der Waals surface area contributed by atoms with Crippen molar-refractivity contribution < 1.29 is 9.53 Å². The van der Waals surface area contributed by atoms with E-state index in [1.54, 1.807) is 0 Å². The predicted molar refractivity (Wildman–Crippen MR) is 71.4 cm³/mol. The van der Waals surface area contributed by atoms with E-state index in [9.17, 15) is 4.79 Å². The fourth-order valence-electron chi connectivity index (χ4n) is 3.65. The molecule has 3 atom stereocenters. The van der Waals surface area contributed by atoms with Gasteiger partial charge >= 0.3 is 5.97 Å². The van der Waals surface area contributed by atoms with E-state index in [4.69, 9.17) is 4.74 Å². The minimum absolute atomic E-state index is 0.141. The number of hydrogen-bond acceptors (Lipinski definition) is 4. The van der Waals surface area contributed by atoms with Gasteiger partial charge in [0, 0.05) is 12.6 Å². The topological polar surface area (TPSA) is 41.6 Å². The molecule has 1 aliphatic carbocycles. The summed E-state index contributed by atoms with van der Waals surface area (Å²) < 4.78 is 4.81. The summed E-state index contributed by atoms with van der Waals surface area (Å²) in [6, 6.07) is 0.630. The van der Waals surface area contributed by atoms with E-state index in [-0.39, 0.29) is 12.0 Å². The normalized spacial score (nSPS) is 29.9. The SMILES string of the molecule is CNC(CCN1CCCC2CCCC21)C(=O)OC. The molecule has 2 aliphatic rings. The van der Waals surface area contributed by atoms with E-state index in [2.05, 4.69) is 10.2 Å². The van der Waals surface area contributed by atoms with Gasteiger partial charge in [-0.2, -0.15) is 0 Å². The quantitative estimate of drug-likeness (QED) is 0.753. The first-order valence-corrected chi connectivity index (χ1v) is 7.25. The molecule has 104 valence electrons. The minimum Gasteiger partial charge on any atom is -0.468 e. The molecule has 0 aromatic heterocycles. The Balaban J connectivity index is 1.83. The zero-order valence-corrected chi connectivity index (χ0v) is 11.7. The molecule has 1 N–H and O–H groups in total. The third kappa shape index (κ3) is 3.04. The Morgan fingerprint density at radius 3 is 2.89 bits per heavy atom. The number of hydrogen-bond donors (Lipinski definition) is 1. The van der Waals surface area contributed by atoms with E-state index in [1.807, 2.05) is 7.05 Å². The Labute approximate surface area is 110 Å². The van der Waals surface area contributed by atoms with Gasteiger partial charge in [0.1, 0.15) is 6.04 Å². The molecule has 1 saturated heterocycles. The van der Waals surface area contributed by atoms with Gasteiger partial charge < -0.3 is 15.0 Å². The highest BCUT2D eigenvalue weighted by Gasteiger charge is 2.35. The summed E-state index contributed by atoms with van der Waals surface area (Å²) in [6.45, 7) is 2.22. The van der Waals surface area contributed by atoms with Gasteiger partial charge in [-0.1, -0.05) is 6.42 Å². The number of carbonyl (C=O) groups is 1. The first kappa shape index (κ1) is 13.8. The molecular formula is C14H26N2O2. The summed E-state index contributed by atoms with van der Waals surface area (Å²) in [5.41, 5.74) is 0. The monoisotopic (exact) mass is 254 g/mol. The molecule has 0 spiro atoms. The molecule has 1 heterocycles. The van der Waals surface area contributed by atoms with Gasteiger partial charge in [-0.15, -0.1) is 0 Å². The maximum Gasteiger partial charge on any atom is 0.322 e. The van der Waals surface area contributed by atoms with E-state index in [0.29, 0.717) is 0 Å². The standard InChI is InChI=1S/C14H26N2O2/c1-15-12(14(17)18-2)8-10-16-9-4-6-11-5-3-7-13(11)16/h11-13,15H,3-10H2,1-2H3. The largest absolute Gasteiger partial charge is 0.468 e. The van der Waals surface area contributed by atoms with Crippen LogP contribution in [0.5, 0.6) is 0 Å². The van der Waals surface area contributed by atoms with Crippen LogP contribution in [0.15, 0.2) is 0 Å². The Hall–Kier alpha value is -0.610. The van der Waals surface area contributed by atoms with Crippen LogP contribution in [0.25, 0.3) is 0 Å². The number of esters is 1. The number of likely N-dealkylation sites (tertiary alicyclic amines) is 1. The average molecular weight is 254 g/mol. The van der Waals surface area contributed by atoms with Crippen LogP contribution in [0.3, 0.4) is 0 Å². The highest BCUT2D eigenvalue weighted by atomic mass is 16.5. The molecule has 2 fully saturated rings. The molecule has 4 nitrogen and oxygen atoms in total. The van der Waals surface area contributed by atoms with Crippen molar-refractivity contribution in [2.75, 3.05) is 27.2 Å². The second-order valence-electron chi connectivity index (χ2n) is 5.59. The van der Waals surface area contributed by atoms with Gasteiger partial charge in [0.05, 0.1) is 7.11 Å². The third-order valence-electron chi connectivity index (χ3n) is 4.65. The van der Waals surface area contributed by atoms with Crippen LogP contribution in [0, 0.1) is 5.92 Å². The molecule has 1 saturated carbocycles. The highest BCUT2D eigenvalue weighted by molar-refractivity contribution is 5.75. The van der Waals surface area contributed by atoms with Crippen molar-refractivity contribution in [3.05, 3.63) is 0 Å². The Morgan fingerprint density at radius 1 is 1.39 bits per heavy atom. The van der Waals surface area contributed by atoms with Gasteiger partial charge in [-0.25, -0.2) is 0 Å². The Morgan fingerprint density at radius 2 is 2.17 bits per heavy atom. The van der Waals surface area contributed by atoms with Crippen molar-refractivity contribution in [3.63, 3.8) is 0 Å². The highest BCUT2D eigenvalue weighted by Crippen LogP contribution is 2.36. The van der Waals surface area contributed by atoms with E-state index >= 15 is 0 Å². The van der Waals surface area contributed by atoms with Crippen LogP contribution in [0.2, 0.25) is 0 Å². The Bertz CT molecular complexity index is 283. The summed E-state index contributed by atoms with van der Waals surface area (Å²) in [5, 5.41) is 3.05. The molecule has 2 rings (SSSR count). The summed E-state index contributed by atoms with van der Waals surface area (Å²) in [7, 11) is 3.29. The zero-order chi connectivity index (χ0) is 13.0. The maximum absolute atomic E-state index is 11.5. The number of carbonyl (C=O) groups excluding carboxylic acids is 1. The van der Waals surface area contributed by atoms with Gasteiger partial charge in [-0.3, -0.25) is 4.79 Å². The molecule has 4 heteroatoms. The predicted octanol–water partition coefficient (Wildman–Crippen LogP) is 1.40. The number of nitrogens with zero attached hydrogens (tertiary/aromatic N) is 1. The molecule has 0 bridgehead atoms. The second kappa shape index (κ2) is 6.53. The van der Waals surface area contributed by atoms with Crippen molar-refractivity contribution >= 4 is 5.97 Å². The maximum atomic E-state index is 11.5. The number of fused-ring (bicyclic) bond motifs is 1. The molecule has 18 heavy (non-hydrogen) atoms. The van der Waals surface area contributed by atoms with Crippen molar-refractivity contribution in [2.24, 2.45) is 5.92 Å². The molecule has 0 aromatic carbocycles. The van der Waals surface area contributed by atoms with Crippen LogP contribution >= 0.6 is 0 Å². The first-order chi connectivity index (χ1) is 8.76. The van der Waals surface area contributed by atoms with E-state index in [0.717, 1.165) is 24.9 Å². The lowest BCUT2D eigenvalue weighted by atomic mass is 9.91. The summed E-state index contributed by atoms with van der Waals surface area (Å²) >= 11 is 0. The number of piperidine rings is 1. The molecular weight excluding hydrogens is 228 g/mol. The lowest BCUT2D eigenvalue weighted by Crippen LogP contribution is -2.45. The number of methoxy groups -OCH3 is 1. The molecule has 0 amide bonds. The summed E-state index contributed by atoms with van der Waals surface area (Å²) in [6.07, 6.45) is 7.74. The summed E-state index contributed by atoms with van der Waals surface area (Å²) in [4.78, 5) is 14.1. The molecule has 0 aromatic rings. The van der Waals surface area contributed by atoms with Crippen LogP contribution in [0.1, 0.15) is 38.5 Å². The lowest BCUT2D eigenvalue weighted by Gasteiger charge is -2.38. The number of nitrogens with one attached hydrogen (secondary N) is 1. The van der Waals surface area contributed by atoms with E-state index < -0.39 is 0 Å². The van der Waals surface area contributed by atoms with Crippen LogP contribution in [-0.4, -0.2) is 50.2 Å². The number of likely N-dealkylation sites (N-methyl/N-ethyl adjacent to an activating group) is 1. The van der Waals surface area contributed by atoms with Gasteiger partial charge in [0.2, 0.25) is 0 Å². The fourth-order valence-corrected chi connectivity index (χ4v) is 3.65. The van der Waals surface area contributed by atoms with Crippen LogP contribution in [-0.2, 0) is 9.53 Å². The van der Waals surface area contributed by atoms with Crippen LogP contribution < -0.4 is 5.32 Å². The first-order valence-electron chi connectivity index (χ1n) is 7.25. The van der Waals surface area contributed by atoms with Crippen molar-refractivity contribution in [2.45, 2.75) is 50.6 Å². The van der Waals surface area contributed by atoms with Gasteiger partial charge in [0.25, 0.3) is 0 Å². The smallest absolute Gasteiger partial charge is 0.322 e. The van der Waals surface area contributed by atoms with Crippen molar-refractivity contribution in [1.29, 1.82) is 0 Å². The van der Waals surface area contributed by atoms with E-state index in [1.165, 1.54) is 45.8 Å². The summed E-state index contributed by atoms with van der Waals surface area (Å²) in [5.74, 6) is 0.780. The number of ether oxygens (including phenoxy) is 1. The molecule has 0 radical (unpaired) electrons. The molecule has 1 aliphatic heterocycles. The van der Waals surface area contributed by atoms with Crippen LogP contribution in [0.4, 0.5) is 0 Å². The van der Waals surface area contributed by atoms with Crippen molar-refractivity contribution in [1.82, 2.24) is 10.2 Å². The fraction of sp³-hybridized carbons (Fsp3) is 0.929. The van der Waals surface area contributed by atoms with Crippen molar-refractivity contribution in [3.8, 4) is 0 Å². The molecule has 3 unspecified atom stereocenters. The third-order valence-corrected chi connectivity index (χ3v) is 4.65.